The van der Waals surface area contributed by atoms with Crippen LogP contribution in [-0.2, 0) is 4.79 Å². The Hall–Kier alpha value is -2.41. The largest absolute Gasteiger partial charge is 0.325 e. The Bertz CT molecular complexity index is 661. The Kier molecular flexibility index (Phi) is 4.31. The highest BCUT2D eigenvalue weighted by molar-refractivity contribution is 7.99. The number of anilines is 1. The van der Waals surface area contributed by atoms with Crippen molar-refractivity contribution in [3.8, 4) is 0 Å². The predicted molar refractivity (Wildman–Crippen MR) is 75.8 cm³/mol. The van der Waals surface area contributed by atoms with E-state index in [0.717, 1.165) is 4.90 Å². The minimum absolute atomic E-state index is 0.0601. The highest BCUT2D eigenvalue weighted by Crippen LogP contribution is 2.37. The maximum atomic E-state index is 11.2. The van der Waals surface area contributed by atoms with Crippen molar-refractivity contribution in [3.63, 3.8) is 0 Å². The first-order valence-corrected chi connectivity index (χ1v) is 6.52. The predicted octanol–water partition coefficient (Wildman–Crippen LogP) is 3.10. The lowest BCUT2D eigenvalue weighted by Gasteiger charge is -2.09. The number of nitrogens with zero attached hydrogens (tertiary/aromatic N) is 2. The van der Waals surface area contributed by atoms with Crippen molar-refractivity contribution in [1.29, 1.82) is 0 Å². The summed E-state index contributed by atoms with van der Waals surface area (Å²) in [4.78, 5) is 26.6. The number of hydrogen-bond acceptors (Lipinski definition) is 5. The molecule has 1 amide bonds. The van der Waals surface area contributed by atoms with Crippen LogP contribution in [0.1, 0.15) is 6.92 Å². The molecule has 1 aromatic heterocycles. The third-order valence-corrected chi connectivity index (χ3v) is 3.52. The lowest BCUT2D eigenvalue weighted by molar-refractivity contribution is -0.388. The molecule has 0 fully saturated rings. The van der Waals surface area contributed by atoms with Crippen LogP contribution in [0.4, 0.5) is 11.4 Å². The van der Waals surface area contributed by atoms with E-state index in [0.29, 0.717) is 10.6 Å². The van der Waals surface area contributed by atoms with Crippen molar-refractivity contribution in [2.24, 2.45) is 0 Å². The average molecular weight is 289 g/mol. The zero-order valence-electron chi connectivity index (χ0n) is 10.6. The van der Waals surface area contributed by atoms with Crippen molar-refractivity contribution >= 4 is 29.0 Å². The summed E-state index contributed by atoms with van der Waals surface area (Å²) in [5.41, 5.74) is 0.561. The molecule has 6 nitrogen and oxygen atoms in total. The lowest BCUT2D eigenvalue weighted by Crippen LogP contribution is -2.06. The molecule has 2 aromatic rings. The number of carbonyl (C=O) groups is 1. The van der Waals surface area contributed by atoms with Gasteiger partial charge in [-0.25, -0.2) is 0 Å². The van der Waals surface area contributed by atoms with Crippen LogP contribution in [0.3, 0.4) is 0 Å². The zero-order valence-corrected chi connectivity index (χ0v) is 11.4. The maximum Gasteiger partial charge on any atom is 0.301 e. The second-order valence-corrected chi connectivity index (χ2v) is 4.96. The third-order valence-electron chi connectivity index (χ3n) is 2.38. The number of rotatable bonds is 4. The van der Waals surface area contributed by atoms with E-state index in [1.165, 1.54) is 31.1 Å². The van der Waals surface area contributed by atoms with E-state index in [1.54, 1.807) is 30.3 Å². The van der Waals surface area contributed by atoms with Crippen molar-refractivity contribution in [2.75, 3.05) is 5.32 Å². The fraction of sp³-hybridized carbons (Fsp3) is 0.0769. The Labute approximate surface area is 119 Å². The summed E-state index contributed by atoms with van der Waals surface area (Å²) in [6.07, 6.45) is 2.71. The van der Waals surface area contributed by atoms with Crippen molar-refractivity contribution in [3.05, 3.63) is 52.8 Å². The Morgan fingerprint density at radius 1 is 1.30 bits per heavy atom. The first-order valence-electron chi connectivity index (χ1n) is 5.71. The molecule has 0 atom stereocenters. The van der Waals surface area contributed by atoms with Gasteiger partial charge in [-0.3, -0.25) is 19.9 Å². The van der Waals surface area contributed by atoms with Crippen LogP contribution in [0.15, 0.2) is 52.5 Å². The number of pyridine rings is 1. The van der Waals surface area contributed by atoms with Crippen LogP contribution in [0.5, 0.6) is 0 Å². The monoisotopic (exact) mass is 289 g/mol. The molecule has 102 valence electrons. The van der Waals surface area contributed by atoms with Gasteiger partial charge in [0, 0.05) is 18.0 Å². The molecule has 0 bridgehead atoms. The van der Waals surface area contributed by atoms with Gasteiger partial charge >= 0.3 is 5.69 Å². The van der Waals surface area contributed by atoms with Gasteiger partial charge in [0.2, 0.25) is 5.91 Å². The average Bonchev–Trinajstić information content (AvgIpc) is 2.41. The van der Waals surface area contributed by atoms with Gasteiger partial charge in [-0.15, -0.1) is 0 Å². The second kappa shape index (κ2) is 6.16. The number of carbonyl (C=O) groups excluding carboxylic acids is 1. The van der Waals surface area contributed by atoms with Crippen molar-refractivity contribution < 1.29 is 9.72 Å². The maximum absolute atomic E-state index is 11.2. The molecule has 0 saturated heterocycles. The van der Waals surface area contributed by atoms with E-state index in [-0.39, 0.29) is 11.6 Å². The first-order chi connectivity index (χ1) is 9.58. The van der Waals surface area contributed by atoms with Gasteiger partial charge in [0.25, 0.3) is 0 Å². The summed E-state index contributed by atoms with van der Waals surface area (Å²) < 4.78 is 0. The zero-order chi connectivity index (χ0) is 14.5. The molecule has 0 aliphatic rings. The Balaban J connectivity index is 2.35. The quantitative estimate of drug-likeness (QED) is 0.690. The summed E-state index contributed by atoms with van der Waals surface area (Å²) in [6.45, 7) is 1.41. The van der Waals surface area contributed by atoms with Gasteiger partial charge in [0.05, 0.1) is 15.5 Å². The van der Waals surface area contributed by atoms with Crippen LogP contribution in [0.2, 0.25) is 0 Å². The summed E-state index contributed by atoms with van der Waals surface area (Å²) in [5.74, 6) is -0.192. The smallest absolute Gasteiger partial charge is 0.301 e. The van der Waals surface area contributed by atoms with Crippen LogP contribution in [0, 0.1) is 10.1 Å². The molecule has 0 unspecified atom stereocenters. The summed E-state index contributed by atoms with van der Waals surface area (Å²) >= 11 is 1.21. The molecular formula is C13H11N3O3S. The number of nitrogens with one attached hydrogen (secondary N) is 1. The highest BCUT2D eigenvalue weighted by Gasteiger charge is 2.16. The molecule has 0 aliphatic heterocycles. The van der Waals surface area contributed by atoms with Crippen LogP contribution in [0.25, 0.3) is 0 Å². The molecule has 0 saturated carbocycles. The summed E-state index contributed by atoms with van der Waals surface area (Å²) in [7, 11) is 0. The minimum Gasteiger partial charge on any atom is -0.325 e. The fourth-order valence-electron chi connectivity index (χ4n) is 1.56. The van der Waals surface area contributed by atoms with Gasteiger partial charge in [0.1, 0.15) is 6.20 Å². The number of amides is 1. The van der Waals surface area contributed by atoms with Gasteiger partial charge in [0.15, 0.2) is 0 Å². The molecule has 0 radical (unpaired) electrons. The summed E-state index contributed by atoms with van der Waals surface area (Å²) in [5, 5.41) is 13.7. The normalized spacial score (nSPS) is 10.1. The van der Waals surface area contributed by atoms with Crippen LogP contribution in [-0.4, -0.2) is 15.8 Å². The molecule has 7 heteroatoms. The molecule has 1 heterocycles. The van der Waals surface area contributed by atoms with E-state index >= 15 is 0 Å². The van der Waals surface area contributed by atoms with E-state index < -0.39 is 4.92 Å². The fourth-order valence-corrected chi connectivity index (χ4v) is 2.54. The molecule has 2 rings (SSSR count). The van der Waals surface area contributed by atoms with E-state index in [2.05, 4.69) is 10.3 Å². The van der Waals surface area contributed by atoms with Gasteiger partial charge < -0.3 is 5.32 Å². The van der Waals surface area contributed by atoms with Gasteiger partial charge in [-0.1, -0.05) is 23.9 Å². The first kappa shape index (κ1) is 14.0. The van der Waals surface area contributed by atoms with Gasteiger partial charge in [-0.2, -0.15) is 0 Å². The van der Waals surface area contributed by atoms with Crippen molar-refractivity contribution in [1.82, 2.24) is 4.98 Å². The molecular weight excluding hydrogens is 278 g/mol. The third kappa shape index (κ3) is 3.33. The lowest BCUT2D eigenvalue weighted by atomic mass is 10.3. The standard InChI is InChI=1S/C13H11N3O3S/c1-9(17)15-10-4-2-3-5-12(10)20-13-6-7-14-8-11(13)16(18)19/h2-8H,1H3,(H,15,17). The van der Waals surface area contributed by atoms with E-state index in [1.807, 2.05) is 0 Å². The number of hydrogen-bond donors (Lipinski definition) is 1. The molecule has 0 aliphatic carbocycles. The number of benzene rings is 1. The second-order valence-electron chi connectivity index (χ2n) is 3.88. The summed E-state index contributed by atoms with van der Waals surface area (Å²) in [6, 6.07) is 8.71. The molecule has 1 N–H and O–H groups in total. The van der Waals surface area contributed by atoms with E-state index in [4.69, 9.17) is 0 Å². The van der Waals surface area contributed by atoms with E-state index in [9.17, 15) is 14.9 Å². The molecule has 0 spiro atoms. The molecule has 20 heavy (non-hydrogen) atoms. The van der Waals surface area contributed by atoms with Gasteiger partial charge in [-0.05, 0) is 18.2 Å². The minimum atomic E-state index is -0.476. The Morgan fingerprint density at radius 3 is 2.75 bits per heavy atom. The van der Waals surface area contributed by atoms with Crippen LogP contribution >= 0.6 is 11.8 Å². The SMILES string of the molecule is CC(=O)Nc1ccccc1Sc1ccncc1[N+](=O)[O-]. The Morgan fingerprint density at radius 2 is 2.05 bits per heavy atom. The number of nitro groups is 1. The topological polar surface area (TPSA) is 85.1 Å². The van der Waals surface area contributed by atoms with Crippen LogP contribution < -0.4 is 5.32 Å². The number of aromatic nitrogens is 1. The number of para-hydroxylation sites is 1. The highest BCUT2D eigenvalue weighted by atomic mass is 32.2. The van der Waals surface area contributed by atoms with Crippen molar-refractivity contribution in [2.45, 2.75) is 16.7 Å². The molecule has 1 aromatic carbocycles.